The summed E-state index contributed by atoms with van der Waals surface area (Å²) in [5.74, 6) is -5.69. The second-order valence-electron chi connectivity index (χ2n) is 7.54. The molecule has 4 rings (SSSR count). The maximum atomic E-state index is 13.9. The zero-order valence-electron chi connectivity index (χ0n) is 16.8. The van der Waals surface area contributed by atoms with E-state index in [-0.39, 0.29) is 21.3 Å². The molecular weight excluding hydrogens is 535 g/mol. The lowest BCUT2D eigenvalue weighted by atomic mass is 10.1. The van der Waals surface area contributed by atoms with Gasteiger partial charge in [0, 0.05) is 11.6 Å². The number of anilines is 2. The predicted octanol–water partition coefficient (Wildman–Crippen LogP) is 7.19. The third kappa shape index (κ3) is 4.70. The lowest BCUT2D eigenvalue weighted by molar-refractivity contribution is -0.117. The Morgan fingerprint density at radius 3 is 2.12 bits per heavy atom. The zero-order valence-corrected chi connectivity index (χ0v) is 19.8. The lowest BCUT2D eigenvalue weighted by Crippen LogP contribution is -2.18. The summed E-state index contributed by atoms with van der Waals surface area (Å²) in [6.07, 6.45) is 0. The van der Waals surface area contributed by atoms with Crippen LogP contribution in [0.2, 0.25) is 10.0 Å². The van der Waals surface area contributed by atoms with E-state index in [1.807, 2.05) is 0 Å². The van der Waals surface area contributed by atoms with Gasteiger partial charge < -0.3 is 10.6 Å². The van der Waals surface area contributed by atoms with E-state index < -0.39 is 51.1 Å². The van der Waals surface area contributed by atoms with E-state index in [0.717, 1.165) is 24.3 Å². The maximum Gasteiger partial charge on any atom is 0.257 e. The van der Waals surface area contributed by atoms with Gasteiger partial charge in [-0.25, -0.2) is 13.2 Å². The van der Waals surface area contributed by atoms with Crippen LogP contribution >= 0.6 is 46.4 Å². The van der Waals surface area contributed by atoms with Gasteiger partial charge in [-0.15, -0.1) is 23.2 Å². The van der Waals surface area contributed by atoms with Crippen LogP contribution < -0.4 is 10.6 Å². The van der Waals surface area contributed by atoms with Gasteiger partial charge in [-0.05, 0) is 48.0 Å². The number of hydrogen-bond acceptors (Lipinski definition) is 2. The second-order valence-corrected chi connectivity index (χ2v) is 9.80. The molecule has 0 heterocycles. The third-order valence-corrected chi connectivity index (χ3v) is 6.90. The van der Waals surface area contributed by atoms with Crippen molar-refractivity contribution < 1.29 is 22.8 Å². The fourth-order valence-electron chi connectivity index (χ4n) is 3.57. The Morgan fingerprint density at radius 1 is 0.824 bits per heavy atom. The highest BCUT2D eigenvalue weighted by Crippen LogP contribution is 2.65. The van der Waals surface area contributed by atoms with Crippen LogP contribution in [0.3, 0.4) is 0 Å². The summed E-state index contributed by atoms with van der Waals surface area (Å²) in [6.45, 7) is 0. The van der Waals surface area contributed by atoms with Crippen LogP contribution in [0.1, 0.15) is 21.8 Å². The number of hydrogen-bond donors (Lipinski definition) is 2. The van der Waals surface area contributed by atoms with Crippen molar-refractivity contribution in [2.75, 3.05) is 10.6 Å². The van der Waals surface area contributed by atoms with Gasteiger partial charge in [0.05, 0.1) is 21.5 Å². The molecule has 0 aromatic heterocycles. The van der Waals surface area contributed by atoms with E-state index in [0.29, 0.717) is 5.56 Å². The summed E-state index contributed by atoms with van der Waals surface area (Å²) in [5, 5.41) is 4.61. The molecule has 2 amide bonds. The molecule has 1 saturated carbocycles. The van der Waals surface area contributed by atoms with Crippen molar-refractivity contribution in [3.05, 3.63) is 93.2 Å². The molecule has 2 N–H and O–H groups in total. The number of carbonyl (C=O) groups is 2. The van der Waals surface area contributed by atoms with Crippen molar-refractivity contribution in [3.63, 3.8) is 0 Å². The Hall–Kier alpha value is -2.45. The zero-order chi connectivity index (χ0) is 24.8. The number of benzene rings is 3. The number of rotatable bonds is 5. The summed E-state index contributed by atoms with van der Waals surface area (Å²) in [5.41, 5.74) is -0.221. The topological polar surface area (TPSA) is 58.2 Å². The molecule has 0 spiro atoms. The fraction of sp³-hybridized carbons (Fsp3) is 0.130. The van der Waals surface area contributed by atoms with Gasteiger partial charge in [-0.2, -0.15) is 0 Å². The van der Waals surface area contributed by atoms with Crippen LogP contribution in [0.5, 0.6) is 0 Å². The highest BCUT2D eigenvalue weighted by molar-refractivity contribution is 6.53. The molecule has 11 heteroatoms. The average Bonchev–Trinajstić information content (AvgIpc) is 3.36. The monoisotopic (exact) mass is 546 g/mol. The summed E-state index contributed by atoms with van der Waals surface area (Å²) >= 11 is 24.3. The Labute approximate surface area is 211 Å². The van der Waals surface area contributed by atoms with E-state index in [1.54, 1.807) is 0 Å². The first-order valence-corrected chi connectivity index (χ1v) is 11.2. The third-order valence-electron chi connectivity index (χ3n) is 5.32. The maximum absolute atomic E-state index is 13.9. The van der Waals surface area contributed by atoms with Gasteiger partial charge in [-0.1, -0.05) is 35.3 Å². The minimum atomic E-state index is -1.49. The molecule has 0 bridgehead atoms. The Kier molecular flexibility index (Phi) is 6.75. The van der Waals surface area contributed by atoms with Crippen molar-refractivity contribution in [3.8, 4) is 0 Å². The van der Waals surface area contributed by atoms with Gasteiger partial charge in [0.2, 0.25) is 5.91 Å². The molecular formula is C23H13Cl4F3N2O2. The molecule has 34 heavy (non-hydrogen) atoms. The first-order valence-electron chi connectivity index (χ1n) is 9.69. The molecule has 3 aromatic rings. The SMILES string of the molecule is O=C(Nc1c(F)cccc1F)c1cc(NC(=O)[C@@H]2[C@@H](c3ccc(Cl)c(F)c3)C2(Cl)Cl)ccc1Cl. The number of alkyl halides is 2. The van der Waals surface area contributed by atoms with Gasteiger partial charge in [0.1, 0.15) is 27.5 Å². The van der Waals surface area contributed by atoms with Crippen LogP contribution in [0, 0.1) is 23.4 Å². The minimum Gasteiger partial charge on any atom is -0.326 e. The van der Waals surface area contributed by atoms with Crippen molar-refractivity contribution in [1.82, 2.24) is 0 Å². The predicted molar refractivity (Wildman–Crippen MR) is 126 cm³/mol. The highest BCUT2D eigenvalue weighted by atomic mass is 35.5. The van der Waals surface area contributed by atoms with Gasteiger partial charge in [-0.3, -0.25) is 9.59 Å². The largest absolute Gasteiger partial charge is 0.326 e. The molecule has 1 fully saturated rings. The van der Waals surface area contributed by atoms with Gasteiger partial charge in [0.25, 0.3) is 5.91 Å². The summed E-state index contributed by atoms with van der Waals surface area (Å²) in [4.78, 5) is 25.4. The smallest absolute Gasteiger partial charge is 0.257 e. The molecule has 4 nitrogen and oxygen atoms in total. The van der Waals surface area contributed by atoms with Crippen molar-refractivity contribution in [1.29, 1.82) is 0 Å². The summed E-state index contributed by atoms with van der Waals surface area (Å²) < 4.78 is 40.1. The van der Waals surface area contributed by atoms with E-state index >= 15 is 0 Å². The molecule has 0 radical (unpaired) electrons. The Morgan fingerprint density at radius 2 is 1.47 bits per heavy atom. The normalized spacial score (nSPS) is 18.3. The molecule has 0 saturated heterocycles. The average molecular weight is 548 g/mol. The summed E-state index contributed by atoms with van der Waals surface area (Å²) in [6, 6.07) is 11.1. The van der Waals surface area contributed by atoms with Crippen molar-refractivity contribution >= 4 is 69.6 Å². The van der Waals surface area contributed by atoms with E-state index in [4.69, 9.17) is 46.4 Å². The van der Waals surface area contributed by atoms with Gasteiger partial charge >= 0.3 is 0 Å². The quantitative estimate of drug-likeness (QED) is 0.332. The first-order chi connectivity index (χ1) is 16.0. The molecule has 0 aliphatic heterocycles. The van der Waals surface area contributed by atoms with Crippen molar-refractivity contribution in [2.45, 2.75) is 10.3 Å². The van der Waals surface area contributed by atoms with Crippen LogP contribution in [-0.2, 0) is 4.79 Å². The van der Waals surface area contributed by atoms with E-state index in [9.17, 15) is 22.8 Å². The second kappa shape index (κ2) is 9.30. The first kappa shape index (κ1) is 24.7. The van der Waals surface area contributed by atoms with Gasteiger partial charge in [0.15, 0.2) is 0 Å². The standard InChI is InChI=1S/C23H13Cl4F3N2O2/c24-13-7-5-11(9-12(13)21(33)32-20-15(28)2-1-3-16(20)29)31-22(34)19-18(23(19,26)27)10-4-6-14(25)17(30)8-10/h1-9,18-19H,(H,31,34)(H,32,33)/t18-,19+/m1/s1. The molecule has 1 aliphatic carbocycles. The fourth-order valence-corrected chi connectivity index (χ4v) is 4.72. The van der Waals surface area contributed by atoms with Crippen LogP contribution in [0.4, 0.5) is 24.5 Å². The lowest BCUT2D eigenvalue weighted by Gasteiger charge is -2.11. The van der Waals surface area contributed by atoms with Crippen LogP contribution in [0.25, 0.3) is 0 Å². The Bertz CT molecular complexity index is 1300. The molecule has 176 valence electrons. The van der Waals surface area contributed by atoms with Crippen LogP contribution in [0.15, 0.2) is 54.6 Å². The van der Waals surface area contributed by atoms with Crippen LogP contribution in [-0.4, -0.2) is 16.1 Å². The van der Waals surface area contributed by atoms with E-state index in [2.05, 4.69) is 10.6 Å². The van der Waals surface area contributed by atoms with E-state index in [1.165, 1.54) is 30.3 Å². The number of carbonyl (C=O) groups excluding carboxylic acids is 2. The number of amides is 2. The molecule has 0 unspecified atom stereocenters. The Balaban J connectivity index is 1.52. The molecule has 2 atom stereocenters. The number of halogens is 7. The highest BCUT2D eigenvalue weighted by Gasteiger charge is 2.67. The summed E-state index contributed by atoms with van der Waals surface area (Å²) in [7, 11) is 0. The number of para-hydroxylation sites is 1. The number of nitrogens with one attached hydrogen (secondary N) is 2. The molecule has 3 aromatic carbocycles. The molecule has 1 aliphatic rings. The minimum absolute atomic E-state index is 0.0165. The van der Waals surface area contributed by atoms with Crippen molar-refractivity contribution in [2.24, 2.45) is 5.92 Å².